The van der Waals surface area contributed by atoms with Crippen molar-refractivity contribution in [2.45, 2.75) is 6.54 Å². The second-order valence-corrected chi connectivity index (χ2v) is 2.49. The molecule has 1 aromatic heterocycles. The summed E-state index contributed by atoms with van der Waals surface area (Å²) in [7, 11) is 0. The van der Waals surface area contributed by atoms with Crippen LogP contribution in [0, 0.1) is 0 Å². The standard InChI is InChI=1S/C7H8N4O/c12-3-5-1-9-7-6(11-5)2-8-4-10-7/h1,3,8H,2,4H2,(H,9,10). The number of aromatic nitrogens is 2. The molecule has 0 amide bonds. The molecule has 0 radical (unpaired) electrons. The van der Waals surface area contributed by atoms with Gasteiger partial charge in [-0.3, -0.25) is 10.1 Å². The van der Waals surface area contributed by atoms with Crippen LogP contribution in [0.25, 0.3) is 0 Å². The Bertz CT molecular complexity index is 312. The van der Waals surface area contributed by atoms with Gasteiger partial charge in [0.1, 0.15) is 11.5 Å². The van der Waals surface area contributed by atoms with Crippen molar-refractivity contribution in [1.82, 2.24) is 15.3 Å². The van der Waals surface area contributed by atoms with E-state index in [2.05, 4.69) is 20.6 Å². The predicted octanol–water partition coefficient (Wildman–Crippen LogP) is -0.238. The Morgan fingerprint density at radius 2 is 2.50 bits per heavy atom. The Kier molecular flexibility index (Phi) is 1.71. The summed E-state index contributed by atoms with van der Waals surface area (Å²) in [6.07, 6.45) is 2.16. The molecule has 0 atom stereocenters. The Balaban J connectivity index is 2.42. The summed E-state index contributed by atoms with van der Waals surface area (Å²) in [5.74, 6) is 0.763. The van der Waals surface area contributed by atoms with Gasteiger partial charge in [-0.1, -0.05) is 0 Å². The second-order valence-electron chi connectivity index (χ2n) is 2.49. The molecule has 5 heteroatoms. The SMILES string of the molecule is O=Cc1cnc2c(n1)CNCN2. The fourth-order valence-corrected chi connectivity index (χ4v) is 1.10. The fourth-order valence-electron chi connectivity index (χ4n) is 1.10. The third-order valence-corrected chi connectivity index (χ3v) is 1.66. The van der Waals surface area contributed by atoms with E-state index in [4.69, 9.17) is 0 Å². The topological polar surface area (TPSA) is 66.9 Å². The molecule has 0 saturated carbocycles. The summed E-state index contributed by atoms with van der Waals surface area (Å²) in [4.78, 5) is 18.5. The maximum atomic E-state index is 10.3. The molecule has 1 aliphatic heterocycles. The van der Waals surface area contributed by atoms with Gasteiger partial charge in [-0.15, -0.1) is 0 Å². The van der Waals surface area contributed by atoms with Crippen LogP contribution < -0.4 is 10.6 Å². The Morgan fingerprint density at radius 1 is 1.58 bits per heavy atom. The van der Waals surface area contributed by atoms with E-state index in [1.807, 2.05) is 0 Å². The molecule has 0 spiro atoms. The van der Waals surface area contributed by atoms with E-state index in [-0.39, 0.29) is 0 Å². The third kappa shape index (κ3) is 1.14. The van der Waals surface area contributed by atoms with E-state index < -0.39 is 0 Å². The zero-order valence-corrected chi connectivity index (χ0v) is 6.37. The number of aldehydes is 1. The van der Waals surface area contributed by atoms with Crippen LogP contribution in [0.15, 0.2) is 6.20 Å². The zero-order valence-electron chi connectivity index (χ0n) is 6.37. The minimum absolute atomic E-state index is 0.374. The lowest BCUT2D eigenvalue weighted by Gasteiger charge is -2.16. The number of fused-ring (bicyclic) bond motifs is 1. The summed E-state index contributed by atoms with van der Waals surface area (Å²) in [5, 5.41) is 6.08. The monoisotopic (exact) mass is 164 g/mol. The van der Waals surface area contributed by atoms with Crippen LogP contribution in [0.4, 0.5) is 5.82 Å². The van der Waals surface area contributed by atoms with Crippen LogP contribution in [-0.4, -0.2) is 22.9 Å². The quantitative estimate of drug-likeness (QED) is 0.561. The maximum Gasteiger partial charge on any atom is 0.170 e. The maximum absolute atomic E-state index is 10.3. The first-order chi connectivity index (χ1) is 5.90. The molecule has 1 aromatic rings. The van der Waals surface area contributed by atoms with Crippen molar-refractivity contribution in [2.24, 2.45) is 0 Å². The molecule has 0 fully saturated rings. The minimum Gasteiger partial charge on any atom is -0.356 e. The molecule has 0 aliphatic carbocycles. The smallest absolute Gasteiger partial charge is 0.170 e. The van der Waals surface area contributed by atoms with Crippen LogP contribution in [0.5, 0.6) is 0 Å². The number of rotatable bonds is 1. The molecular formula is C7H8N4O. The van der Waals surface area contributed by atoms with Gasteiger partial charge in [0.25, 0.3) is 0 Å². The van der Waals surface area contributed by atoms with Gasteiger partial charge in [-0.2, -0.15) is 0 Å². The lowest BCUT2D eigenvalue weighted by molar-refractivity contribution is 0.111. The molecule has 0 aromatic carbocycles. The van der Waals surface area contributed by atoms with Crippen molar-refractivity contribution in [3.63, 3.8) is 0 Å². The van der Waals surface area contributed by atoms with E-state index in [1.54, 1.807) is 0 Å². The number of anilines is 1. The van der Waals surface area contributed by atoms with Gasteiger partial charge < -0.3 is 5.32 Å². The van der Waals surface area contributed by atoms with Gasteiger partial charge in [-0.05, 0) is 0 Å². The average Bonchev–Trinajstić information content (AvgIpc) is 2.17. The first-order valence-corrected chi connectivity index (χ1v) is 3.66. The summed E-state index contributed by atoms with van der Waals surface area (Å²) in [6.45, 7) is 1.36. The number of hydrogen-bond acceptors (Lipinski definition) is 5. The van der Waals surface area contributed by atoms with Crippen molar-refractivity contribution in [3.05, 3.63) is 17.6 Å². The van der Waals surface area contributed by atoms with Crippen molar-refractivity contribution >= 4 is 12.1 Å². The molecule has 0 bridgehead atoms. The van der Waals surface area contributed by atoms with Crippen LogP contribution in [0.1, 0.15) is 16.2 Å². The molecule has 1 aliphatic rings. The van der Waals surface area contributed by atoms with E-state index >= 15 is 0 Å². The molecule has 62 valence electrons. The molecule has 2 heterocycles. The Labute approximate surface area is 69.2 Å². The normalized spacial score (nSPS) is 14.7. The van der Waals surface area contributed by atoms with Crippen molar-refractivity contribution in [2.75, 3.05) is 12.0 Å². The molecular weight excluding hydrogens is 156 g/mol. The lowest BCUT2D eigenvalue weighted by atomic mass is 10.3. The highest BCUT2D eigenvalue weighted by Gasteiger charge is 2.10. The third-order valence-electron chi connectivity index (χ3n) is 1.66. The largest absolute Gasteiger partial charge is 0.356 e. The zero-order chi connectivity index (χ0) is 8.39. The number of nitrogens with one attached hydrogen (secondary N) is 2. The minimum atomic E-state index is 0.374. The fraction of sp³-hybridized carbons (Fsp3) is 0.286. The van der Waals surface area contributed by atoms with E-state index in [1.165, 1.54) is 6.20 Å². The van der Waals surface area contributed by atoms with Gasteiger partial charge >= 0.3 is 0 Å². The Morgan fingerprint density at radius 3 is 3.33 bits per heavy atom. The van der Waals surface area contributed by atoms with Gasteiger partial charge in [0.2, 0.25) is 0 Å². The highest BCUT2D eigenvalue weighted by atomic mass is 16.1. The van der Waals surface area contributed by atoms with E-state index in [9.17, 15) is 4.79 Å². The molecule has 2 rings (SSSR count). The van der Waals surface area contributed by atoms with Crippen molar-refractivity contribution < 1.29 is 4.79 Å². The van der Waals surface area contributed by atoms with Gasteiger partial charge in [0, 0.05) is 6.54 Å². The van der Waals surface area contributed by atoms with Gasteiger partial charge in [-0.25, -0.2) is 9.97 Å². The molecule has 2 N–H and O–H groups in total. The summed E-state index contributed by atoms with van der Waals surface area (Å²) in [5.41, 5.74) is 1.17. The highest BCUT2D eigenvalue weighted by Crippen LogP contribution is 2.11. The first kappa shape index (κ1) is 7.17. The van der Waals surface area contributed by atoms with E-state index in [0.717, 1.165) is 11.5 Å². The summed E-state index contributed by atoms with van der Waals surface area (Å²) in [6, 6.07) is 0. The second kappa shape index (κ2) is 2.86. The summed E-state index contributed by atoms with van der Waals surface area (Å²) >= 11 is 0. The molecule has 0 unspecified atom stereocenters. The molecule has 0 saturated heterocycles. The predicted molar refractivity (Wildman–Crippen MR) is 42.7 cm³/mol. The lowest BCUT2D eigenvalue weighted by Crippen LogP contribution is -2.29. The van der Waals surface area contributed by atoms with Crippen LogP contribution in [-0.2, 0) is 6.54 Å². The van der Waals surface area contributed by atoms with Crippen molar-refractivity contribution in [1.29, 1.82) is 0 Å². The Hall–Kier alpha value is -1.49. The first-order valence-electron chi connectivity index (χ1n) is 3.66. The van der Waals surface area contributed by atoms with Crippen LogP contribution in [0.2, 0.25) is 0 Å². The number of nitrogens with zero attached hydrogens (tertiary/aromatic N) is 2. The van der Waals surface area contributed by atoms with Crippen LogP contribution >= 0.6 is 0 Å². The molecule has 12 heavy (non-hydrogen) atoms. The number of carbonyl (C=O) groups is 1. The highest BCUT2D eigenvalue weighted by molar-refractivity contribution is 5.71. The van der Waals surface area contributed by atoms with Crippen LogP contribution in [0.3, 0.4) is 0 Å². The van der Waals surface area contributed by atoms with E-state index in [0.29, 0.717) is 25.2 Å². The number of hydrogen-bond donors (Lipinski definition) is 2. The molecule has 5 nitrogen and oxygen atoms in total. The van der Waals surface area contributed by atoms with Crippen molar-refractivity contribution in [3.8, 4) is 0 Å². The summed E-state index contributed by atoms with van der Waals surface area (Å²) < 4.78 is 0. The van der Waals surface area contributed by atoms with Gasteiger partial charge in [0.15, 0.2) is 6.29 Å². The number of carbonyl (C=O) groups excluding carboxylic acids is 1. The average molecular weight is 164 g/mol. The van der Waals surface area contributed by atoms with Gasteiger partial charge in [0.05, 0.1) is 18.6 Å².